The minimum Gasteiger partial charge on any atom is -0.854 e. The summed E-state index contributed by atoms with van der Waals surface area (Å²) in [4.78, 5) is 80.9. The van der Waals surface area contributed by atoms with Crippen molar-refractivity contribution in [3.8, 4) is 0 Å². The smallest absolute Gasteiger partial charge is 0.854 e. The molecule has 0 aromatic carbocycles. The molecule has 8 radical (unpaired) electrons. The zero-order valence-corrected chi connectivity index (χ0v) is 26.3. The van der Waals surface area contributed by atoms with Gasteiger partial charge in [-0.3, -0.25) is 19.2 Å². The van der Waals surface area contributed by atoms with Gasteiger partial charge in [0, 0.05) is 10.8 Å². The molecule has 0 aliphatic carbocycles. The summed E-state index contributed by atoms with van der Waals surface area (Å²) in [5.74, 6) is 0. The summed E-state index contributed by atoms with van der Waals surface area (Å²) >= 11 is 0. The van der Waals surface area contributed by atoms with E-state index in [1.165, 1.54) is 0 Å². The molecule has 39 heavy (non-hydrogen) atoms. The monoisotopic (exact) mass is 778 g/mol. The molecule has 0 bridgehead atoms. The van der Waals surface area contributed by atoms with Crippen molar-refractivity contribution in [3.63, 3.8) is 0 Å². The number of aliphatic hydroxyl groups excluding tert-OH is 6. The van der Waals surface area contributed by atoms with Crippen molar-refractivity contribution >= 4 is 44.4 Å². The number of hydrogen-bond acceptors (Lipinski definition) is 16. The van der Waals surface area contributed by atoms with Crippen LogP contribution in [-0.4, -0.2) is 97.4 Å². The molecule has 0 atom stereocenters. The van der Waals surface area contributed by atoms with Gasteiger partial charge in [0.25, 0.3) is 27.2 Å². The van der Waals surface area contributed by atoms with Gasteiger partial charge in [-0.2, -0.15) is 0 Å². The van der Waals surface area contributed by atoms with E-state index in [2.05, 4.69) is 27.2 Å². The maximum absolute atomic E-state index is 8.88. The average molecular weight is 778 g/mol. The molecule has 228 valence electrons. The number of hydrogen-bond donors (Lipinski definition) is 6. The fourth-order valence-electron chi connectivity index (χ4n) is 1.88. The molecule has 0 spiro atoms. The third kappa shape index (κ3) is 62.7. The summed E-state index contributed by atoms with van der Waals surface area (Å²) in [7, 11) is -6.74. The topological polar surface area (TPSA) is 328 Å². The molecule has 0 saturated carbocycles. The number of rotatable bonds is 12. The fourth-order valence-corrected chi connectivity index (χ4v) is 1.88. The van der Waals surface area contributed by atoms with E-state index >= 15 is 0 Å². The standard InChI is InChI=1S/2C8H18O3.4CO.2O3P.W/c2*1-2-3-4-8(5-9,6-10)7-11;4*1-2;2*1-4(2)3;/h2*9-11H,2-7H2,1H3;;;;;;;/q;;;;;;2*-3;+6. The van der Waals surface area contributed by atoms with E-state index in [0.717, 1.165) is 25.7 Å². The summed E-state index contributed by atoms with van der Waals surface area (Å²) in [6.45, 7) is 21.2. The molecule has 0 fully saturated rings. The number of aliphatic hydroxyl groups is 6. The van der Waals surface area contributed by atoms with E-state index in [0.29, 0.717) is 12.8 Å². The first-order valence-corrected chi connectivity index (χ1v) is 12.2. The van der Waals surface area contributed by atoms with Gasteiger partial charge in [-0.05, 0) is 12.8 Å². The van der Waals surface area contributed by atoms with E-state index in [9.17, 15) is 0 Å². The van der Waals surface area contributed by atoms with E-state index in [-0.39, 0.29) is 60.7 Å². The van der Waals surface area contributed by atoms with Gasteiger partial charge in [-0.25, -0.2) is 0 Å². The molecule has 0 aromatic heterocycles. The second-order valence-electron chi connectivity index (χ2n) is 6.60. The quantitative estimate of drug-likeness (QED) is 0.100. The van der Waals surface area contributed by atoms with E-state index in [4.69, 9.17) is 79.2 Å². The molecule has 0 rings (SSSR count). The fraction of sp³-hybridized carbons (Fsp3) is 0.800. The molecular weight excluding hydrogens is 742 g/mol. The Balaban J connectivity index is -0.0000000426. The van der Waals surface area contributed by atoms with Gasteiger partial charge in [-0.1, -0.05) is 39.5 Å². The van der Waals surface area contributed by atoms with E-state index in [1.807, 2.05) is 13.8 Å². The Hall–Kier alpha value is -0.252. The van der Waals surface area contributed by atoms with Crippen LogP contribution >= 0.6 is 17.2 Å². The van der Waals surface area contributed by atoms with Crippen LogP contribution in [0.5, 0.6) is 0 Å². The van der Waals surface area contributed by atoms with Gasteiger partial charge < -0.3 is 77.2 Å². The van der Waals surface area contributed by atoms with Crippen molar-refractivity contribution in [2.75, 3.05) is 39.6 Å². The average Bonchev–Trinajstić information content (AvgIpc) is 2.95. The van der Waals surface area contributed by atoms with Crippen molar-refractivity contribution in [2.45, 2.75) is 52.4 Å². The first-order chi connectivity index (χ1) is 17.9. The predicted molar refractivity (Wildman–Crippen MR) is 123 cm³/mol. The van der Waals surface area contributed by atoms with Gasteiger partial charge in [-0.15, -0.1) is 0 Å². The first-order valence-electron chi connectivity index (χ1n) is 10.1. The second-order valence-corrected chi connectivity index (χ2v) is 7.50. The van der Waals surface area contributed by atoms with Gasteiger partial charge >= 0.3 is 21.1 Å². The molecule has 0 amide bonds. The maximum Gasteiger partial charge on any atom is 6.00 e. The van der Waals surface area contributed by atoms with Gasteiger partial charge in [0.05, 0.1) is 39.6 Å². The van der Waals surface area contributed by atoms with Crippen molar-refractivity contribution in [1.29, 1.82) is 0 Å². The summed E-state index contributed by atoms with van der Waals surface area (Å²) in [6.07, 6.45) is 5.27. The summed E-state index contributed by atoms with van der Waals surface area (Å²) in [5.41, 5.74) is -1.31. The Morgan fingerprint density at radius 1 is 0.487 bits per heavy atom. The SMILES string of the molecule is CCCCC(CO)(CO)CO.CCCCC(CO)(CO)CO.[C]=O.[C]=O.[C]=O.[C]=O.[O-]P([O-])[O-].[O-]P([O-])[O-].[W+6]. The molecule has 0 aliphatic heterocycles. The van der Waals surface area contributed by atoms with Crippen LogP contribution in [0.2, 0.25) is 0 Å². The zero-order valence-electron chi connectivity index (χ0n) is 21.6. The predicted octanol–water partition coefficient (Wildman–Crippen LogP) is -6.72. The van der Waals surface area contributed by atoms with Crippen molar-refractivity contribution in [3.05, 3.63) is 0 Å². The summed E-state index contributed by atoms with van der Waals surface area (Å²) in [5, 5.41) is 53.3. The van der Waals surface area contributed by atoms with E-state index in [1.54, 1.807) is 0 Å². The molecular formula is C20H36O16P2W. The zero-order chi connectivity index (χ0) is 32.6. The molecule has 19 heteroatoms. The van der Waals surface area contributed by atoms with Crippen LogP contribution in [0.3, 0.4) is 0 Å². The molecule has 0 aliphatic rings. The Morgan fingerprint density at radius 2 is 0.615 bits per heavy atom. The molecule has 16 nitrogen and oxygen atoms in total. The summed E-state index contributed by atoms with van der Waals surface area (Å²) < 4.78 is 0. The minimum absolute atomic E-state index is 0. The second kappa shape index (κ2) is 57.6. The maximum atomic E-state index is 8.88. The van der Waals surface area contributed by atoms with Crippen LogP contribution in [-0.2, 0) is 40.2 Å². The Labute approximate surface area is 247 Å². The first kappa shape index (κ1) is 62.4. The van der Waals surface area contributed by atoms with Crippen molar-refractivity contribution in [1.82, 2.24) is 0 Å². The minimum atomic E-state index is -3.37. The van der Waals surface area contributed by atoms with Crippen LogP contribution in [0.15, 0.2) is 0 Å². The number of unbranched alkanes of at least 4 members (excludes halogenated alkanes) is 2. The number of carbonyl (C=O) groups excluding carboxylic acids is 4. The van der Waals surface area contributed by atoms with E-state index < -0.39 is 28.0 Å². The molecule has 0 aromatic rings. The summed E-state index contributed by atoms with van der Waals surface area (Å²) in [6, 6.07) is 0. The van der Waals surface area contributed by atoms with Crippen molar-refractivity contribution in [2.24, 2.45) is 10.8 Å². The largest absolute Gasteiger partial charge is 6.00 e. The third-order valence-electron chi connectivity index (χ3n) is 4.13. The molecule has 6 N–H and O–H groups in total. The van der Waals surface area contributed by atoms with Crippen molar-refractivity contribution < 1.29 is 100 Å². The Morgan fingerprint density at radius 3 is 0.692 bits per heavy atom. The van der Waals surface area contributed by atoms with Gasteiger partial charge in [0.15, 0.2) is 0 Å². The molecule has 0 unspecified atom stereocenters. The Kier molecular flexibility index (Phi) is 92.2. The van der Waals surface area contributed by atoms with Crippen LogP contribution < -0.4 is 29.4 Å². The van der Waals surface area contributed by atoms with Crippen LogP contribution in [0, 0.1) is 10.8 Å². The Bertz CT molecular complexity index is 324. The van der Waals surface area contributed by atoms with Crippen LogP contribution in [0.1, 0.15) is 52.4 Å². The van der Waals surface area contributed by atoms with Gasteiger partial charge in [0.1, 0.15) is 0 Å². The van der Waals surface area contributed by atoms with Gasteiger partial charge in [0.2, 0.25) is 0 Å². The third-order valence-corrected chi connectivity index (χ3v) is 4.13. The van der Waals surface area contributed by atoms with Crippen LogP contribution in [0.25, 0.3) is 0 Å². The van der Waals surface area contributed by atoms with Crippen LogP contribution in [0.4, 0.5) is 0 Å². The molecule has 0 heterocycles. The molecule has 0 saturated heterocycles. The normalized spacial score (nSPS) is 9.03.